The van der Waals surface area contributed by atoms with E-state index in [2.05, 4.69) is 0 Å². The largest absolute Gasteiger partial charge is 0.508 e. The Bertz CT molecular complexity index is 581. The van der Waals surface area contributed by atoms with Gasteiger partial charge < -0.3 is 10.2 Å². The second kappa shape index (κ2) is 5.33. The van der Waals surface area contributed by atoms with Gasteiger partial charge in [0, 0.05) is 9.79 Å². The van der Waals surface area contributed by atoms with Crippen LogP contribution in [0.4, 0.5) is 0 Å². The second-order valence-electron chi connectivity index (χ2n) is 3.55. The smallest absolute Gasteiger partial charge is 0.335 e. The zero-order valence-corrected chi connectivity index (χ0v) is 10.7. The Morgan fingerprint density at radius 2 is 1.78 bits per heavy atom. The normalized spacial score (nSPS) is 10.3. The number of hydrogen-bond acceptors (Lipinski definition) is 3. The van der Waals surface area contributed by atoms with Crippen molar-refractivity contribution in [1.82, 2.24) is 0 Å². The van der Waals surface area contributed by atoms with E-state index >= 15 is 0 Å². The Morgan fingerprint density at radius 1 is 1.11 bits per heavy atom. The maximum absolute atomic E-state index is 10.7. The number of carboxylic acid groups (broad SMARTS) is 1. The maximum Gasteiger partial charge on any atom is 0.335 e. The van der Waals surface area contributed by atoms with Crippen LogP contribution in [0.3, 0.4) is 0 Å². The van der Waals surface area contributed by atoms with E-state index in [1.807, 2.05) is 0 Å². The molecule has 2 N–H and O–H groups in total. The Balaban J connectivity index is 2.21. The average Bonchev–Trinajstić information content (AvgIpc) is 2.33. The molecule has 0 saturated carbocycles. The minimum absolute atomic E-state index is 0.116. The third-order valence-electron chi connectivity index (χ3n) is 2.24. The average molecular weight is 281 g/mol. The van der Waals surface area contributed by atoms with Gasteiger partial charge in [-0.15, -0.1) is 0 Å². The van der Waals surface area contributed by atoms with Crippen molar-refractivity contribution in [2.45, 2.75) is 9.79 Å². The van der Waals surface area contributed by atoms with E-state index in [1.54, 1.807) is 36.4 Å². The fourth-order valence-electron chi connectivity index (χ4n) is 1.37. The molecule has 0 bridgehead atoms. The molecule has 3 nitrogen and oxygen atoms in total. The molecular formula is C13H9ClO3S. The first-order valence-corrected chi connectivity index (χ1v) is 6.25. The Kier molecular flexibility index (Phi) is 3.79. The minimum Gasteiger partial charge on any atom is -0.508 e. The highest BCUT2D eigenvalue weighted by Gasteiger charge is 2.06. The van der Waals surface area contributed by atoms with Gasteiger partial charge in [0.1, 0.15) is 5.75 Å². The number of aromatic carboxylic acids is 1. The van der Waals surface area contributed by atoms with E-state index in [0.717, 1.165) is 9.79 Å². The molecule has 0 amide bonds. The van der Waals surface area contributed by atoms with Gasteiger partial charge in [-0.3, -0.25) is 0 Å². The highest BCUT2D eigenvalue weighted by Crippen LogP contribution is 2.35. The monoisotopic (exact) mass is 280 g/mol. The molecule has 2 aromatic rings. The van der Waals surface area contributed by atoms with Crippen molar-refractivity contribution in [3.63, 3.8) is 0 Å². The number of carbonyl (C=O) groups is 1. The summed E-state index contributed by atoms with van der Waals surface area (Å²) in [4.78, 5) is 12.4. The highest BCUT2D eigenvalue weighted by atomic mass is 35.5. The molecule has 0 unspecified atom stereocenters. The third kappa shape index (κ3) is 2.97. The van der Waals surface area contributed by atoms with Crippen LogP contribution < -0.4 is 0 Å². The lowest BCUT2D eigenvalue weighted by atomic mass is 10.2. The van der Waals surface area contributed by atoms with E-state index in [4.69, 9.17) is 16.7 Å². The lowest BCUT2D eigenvalue weighted by Crippen LogP contribution is -1.94. The zero-order valence-electron chi connectivity index (χ0n) is 9.13. The molecular weight excluding hydrogens is 272 g/mol. The molecule has 0 atom stereocenters. The van der Waals surface area contributed by atoms with Gasteiger partial charge in [0.2, 0.25) is 0 Å². The maximum atomic E-state index is 10.7. The topological polar surface area (TPSA) is 57.5 Å². The van der Waals surface area contributed by atoms with Gasteiger partial charge in [-0.1, -0.05) is 23.4 Å². The molecule has 2 rings (SSSR count). The zero-order chi connectivity index (χ0) is 13.1. The Hall–Kier alpha value is -1.65. The highest BCUT2D eigenvalue weighted by molar-refractivity contribution is 7.99. The summed E-state index contributed by atoms with van der Waals surface area (Å²) >= 11 is 7.39. The van der Waals surface area contributed by atoms with E-state index in [-0.39, 0.29) is 11.3 Å². The summed E-state index contributed by atoms with van der Waals surface area (Å²) in [5.74, 6) is -0.834. The number of carboxylic acids is 1. The molecule has 0 fully saturated rings. The van der Waals surface area contributed by atoms with Crippen molar-refractivity contribution < 1.29 is 15.0 Å². The van der Waals surface area contributed by atoms with E-state index < -0.39 is 5.97 Å². The molecule has 0 aromatic heterocycles. The number of phenolic OH excluding ortho intramolecular Hbond substituents is 1. The lowest BCUT2D eigenvalue weighted by molar-refractivity contribution is 0.0697. The molecule has 0 heterocycles. The standard InChI is InChI=1S/C13H9ClO3S/c14-11-7-9(15)3-6-12(11)18-10-4-1-8(2-5-10)13(16)17/h1-7,15H,(H,16,17). The molecule has 0 aliphatic carbocycles. The summed E-state index contributed by atoms with van der Waals surface area (Å²) in [6.45, 7) is 0. The molecule has 0 radical (unpaired) electrons. The van der Waals surface area contributed by atoms with E-state index in [1.165, 1.54) is 17.8 Å². The van der Waals surface area contributed by atoms with Gasteiger partial charge >= 0.3 is 5.97 Å². The molecule has 0 spiro atoms. The second-order valence-corrected chi connectivity index (χ2v) is 5.07. The van der Waals surface area contributed by atoms with Crippen molar-refractivity contribution in [2.24, 2.45) is 0 Å². The molecule has 18 heavy (non-hydrogen) atoms. The van der Waals surface area contributed by atoms with Crippen LogP contribution in [0.5, 0.6) is 5.75 Å². The van der Waals surface area contributed by atoms with Gasteiger partial charge in [0.15, 0.2) is 0 Å². The molecule has 2 aromatic carbocycles. The van der Waals surface area contributed by atoms with Gasteiger partial charge in [0.25, 0.3) is 0 Å². The summed E-state index contributed by atoms with van der Waals surface area (Å²) < 4.78 is 0. The minimum atomic E-state index is -0.950. The first-order chi connectivity index (χ1) is 8.56. The number of hydrogen-bond donors (Lipinski definition) is 2. The van der Waals surface area contributed by atoms with Crippen LogP contribution in [0, 0.1) is 0 Å². The van der Waals surface area contributed by atoms with Crippen molar-refractivity contribution in [3.8, 4) is 5.75 Å². The summed E-state index contributed by atoms with van der Waals surface area (Å²) in [7, 11) is 0. The molecule has 0 aliphatic heterocycles. The number of halogens is 1. The fourth-order valence-corrected chi connectivity index (χ4v) is 2.47. The first-order valence-electron chi connectivity index (χ1n) is 5.06. The predicted octanol–water partition coefficient (Wildman–Crippen LogP) is 3.90. The van der Waals surface area contributed by atoms with Crippen LogP contribution in [0.25, 0.3) is 0 Å². The number of rotatable bonds is 3. The quantitative estimate of drug-likeness (QED) is 0.895. The van der Waals surface area contributed by atoms with Crippen LogP contribution in [-0.4, -0.2) is 16.2 Å². The van der Waals surface area contributed by atoms with Gasteiger partial charge in [-0.2, -0.15) is 0 Å². The van der Waals surface area contributed by atoms with Crippen LogP contribution in [0.15, 0.2) is 52.3 Å². The number of aromatic hydroxyl groups is 1. The van der Waals surface area contributed by atoms with Crippen LogP contribution in [0.2, 0.25) is 5.02 Å². The molecule has 5 heteroatoms. The van der Waals surface area contributed by atoms with Crippen LogP contribution in [-0.2, 0) is 0 Å². The summed E-state index contributed by atoms with van der Waals surface area (Å²) in [6.07, 6.45) is 0. The van der Waals surface area contributed by atoms with E-state index in [9.17, 15) is 9.90 Å². The van der Waals surface area contributed by atoms with Crippen molar-refractivity contribution in [1.29, 1.82) is 0 Å². The summed E-state index contributed by atoms with van der Waals surface area (Å²) in [5.41, 5.74) is 0.246. The van der Waals surface area contributed by atoms with Crippen LogP contribution in [0.1, 0.15) is 10.4 Å². The SMILES string of the molecule is O=C(O)c1ccc(Sc2ccc(O)cc2Cl)cc1. The molecule has 0 saturated heterocycles. The van der Waals surface area contributed by atoms with Crippen LogP contribution >= 0.6 is 23.4 Å². The van der Waals surface area contributed by atoms with Crippen molar-refractivity contribution in [3.05, 3.63) is 53.1 Å². The predicted molar refractivity (Wildman–Crippen MR) is 70.6 cm³/mol. The number of phenols is 1. The van der Waals surface area contributed by atoms with Gasteiger partial charge in [0.05, 0.1) is 10.6 Å². The van der Waals surface area contributed by atoms with Crippen molar-refractivity contribution in [2.75, 3.05) is 0 Å². The Morgan fingerprint density at radius 3 is 2.33 bits per heavy atom. The Labute approximate surface area is 113 Å². The van der Waals surface area contributed by atoms with Crippen molar-refractivity contribution >= 4 is 29.3 Å². The van der Waals surface area contributed by atoms with E-state index in [0.29, 0.717) is 5.02 Å². The van der Waals surface area contributed by atoms with Gasteiger partial charge in [-0.25, -0.2) is 4.79 Å². The first kappa shape index (κ1) is 12.8. The fraction of sp³-hybridized carbons (Fsp3) is 0. The molecule has 0 aliphatic rings. The molecule has 92 valence electrons. The summed E-state index contributed by atoms with van der Waals surface area (Å²) in [5, 5.41) is 18.5. The van der Waals surface area contributed by atoms with Gasteiger partial charge in [-0.05, 0) is 42.5 Å². The lowest BCUT2D eigenvalue weighted by Gasteiger charge is -2.05. The number of benzene rings is 2. The third-order valence-corrected chi connectivity index (χ3v) is 3.75. The summed E-state index contributed by atoms with van der Waals surface area (Å²) in [6, 6.07) is 11.3.